The summed E-state index contributed by atoms with van der Waals surface area (Å²) in [5, 5.41) is 11.7. The van der Waals surface area contributed by atoms with Crippen molar-refractivity contribution in [3.63, 3.8) is 0 Å². The van der Waals surface area contributed by atoms with Gasteiger partial charge >= 0.3 is 0 Å². The molecule has 2 aliphatic carbocycles. The summed E-state index contributed by atoms with van der Waals surface area (Å²) < 4.78 is 4.32. The Kier molecular flexibility index (Phi) is 12.8. The lowest BCUT2D eigenvalue weighted by atomic mass is 9.86. The van der Waals surface area contributed by atoms with Crippen LogP contribution in [0.25, 0.3) is 20.4 Å². The van der Waals surface area contributed by atoms with Gasteiger partial charge in [0.1, 0.15) is 9.66 Å². The molecule has 0 bridgehead atoms. The first-order valence-corrected chi connectivity index (χ1v) is 23.0. The van der Waals surface area contributed by atoms with Gasteiger partial charge in [0.2, 0.25) is 23.6 Å². The van der Waals surface area contributed by atoms with Gasteiger partial charge in [0.15, 0.2) is 11.6 Å². The summed E-state index contributed by atoms with van der Waals surface area (Å²) in [5.41, 5.74) is 1.70. The number of Topliss-reactive ketones (excluding diaryl/α,β-unsaturated/α-hetero) is 2. The normalized spacial score (nSPS) is 19.2. The highest BCUT2D eigenvalue weighted by atomic mass is 32.1. The van der Waals surface area contributed by atoms with Gasteiger partial charge in [-0.1, -0.05) is 59.3 Å². The zero-order valence-corrected chi connectivity index (χ0v) is 36.4. The van der Waals surface area contributed by atoms with Crippen molar-refractivity contribution in [1.82, 2.24) is 29.4 Å². The lowest BCUT2D eigenvalue weighted by Crippen LogP contribution is -2.38. The fourth-order valence-corrected chi connectivity index (χ4v) is 11.4. The molecule has 4 amide bonds. The van der Waals surface area contributed by atoms with Gasteiger partial charge in [0.25, 0.3) is 0 Å². The number of amides is 4. The average Bonchev–Trinajstić information content (AvgIpc) is 4.06. The third-order valence-corrected chi connectivity index (χ3v) is 14.8. The van der Waals surface area contributed by atoms with Crippen molar-refractivity contribution in [2.75, 3.05) is 13.1 Å². The summed E-state index contributed by atoms with van der Waals surface area (Å²) in [7, 11) is 0. The first-order valence-electron chi connectivity index (χ1n) is 21.4. The molecule has 4 aromatic heterocycles. The number of aryl methyl sites for hydroxylation is 2. The van der Waals surface area contributed by atoms with Gasteiger partial charge in [-0.15, -0.1) is 22.7 Å². The molecule has 0 spiro atoms. The van der Waals surface area contributed by atoms with Gasteiger partial charge < -0.3 is 0 Å². The quantitative estimate of drug-likeness (QED) is 0.0958. The molecule has 2 aliphatic heterocycles. The van der Waals surface area contributed by atoms with E-state index >= 15 is 0 Å². The van der Waals surface area contributed by atoms with Crippen LogP contribution >= 0.6 is 22.7 Å². The van der Waals surface area contributed by atoms with Crippen molar-refractivity contribution in [2.45, 2.75) is 156 Å². The number of hydrogen-bond acceptors (Lipinski definition) is 10. The number of ketones is 2. The van der Waals surface area contributed by atoms with Crippen LogP contribution in [0.2, 0.25) is 0 Å². The fourth-order valence-electron chi connectivity index (χ4n) is 9.07. The first-order chi connectivity index (χ1) is 27.7. The van der Waals surface area contributed by atoms with Gasteiger partial charge in [-0.2, -0.15) is 10.2 Å². The van der Waals surface area contributed by atoms with E-state index in [0.717, 1.165) is 54.4 Å². The highest BCUT2D eigenvalue weighted by Crippen LogP contribution is 2.38. The highest BCUT2D eigenvalue weighted by Gasteiger charge is 2.35. The van der Waals surface area contributed by atoms with E-state index in [2.05, 4.69) is 9.36 Å². The van der Waals surface area contributed by atoms with E-state index in [9.17, 15) is 28.8 Å². The molecule has 4 fully saturated rings. The summed E-state index contributed by atoms with van der Waals surface area (Å²) in [4.78, 5) is 79.7. The summed E-state index contributed by atoms with van der Waals surface area (Å²) >= 11 is 3.10. The van der Waals surface area contributed by atoms with Crippen molar-refractivity contribution < 1.29 is 28.8 Å². The van der Waals surface area contributed by atoms with Crippen molar-refractivity contribution in [3.8, 4) is 0 Å². The summed E-state index contributed by atoms with van der Waals surface area (Å²) in [6.45, 7) is 10.7. The van der Waals surface area contributed by atoms with Gasteiger partial charge in [-0.05, 0) is 69.4 Å². The number of fused-ring (bicyclic) bond motifs is 2. The summed E-state index contributed by atoms with van der Waals surface area (Å²) in [5.74, 6) is -0.234. The van der Waals surface area contributed by atoms with Crippen LogP contribution in [0, 0.1) is 25.2 Å². The molecule has 4 aromatic rings. The molecule has 0 radical (unpaired) electrons. The third-order valence-electron chi connectivity index (χ3n) is 12.5. The number of carbonyl (C=O) groups excluding carboxylic acids is 6. The van der Waals surface area contributed by atoms with Crippen molar-refractivity contribution in [2.24, 2.45) is 11.3 Å². The topological polar surface area (TPSA) is 145 Å². The minimum Gasteiger partial charge on any atom is -0.293 e. The van der Waals surface area contributed by atoms with Crippen LogP contribution in [0.3, 0.4) is 0 Å². The van der Waals surface area contributed by atoms with E-state index in [1.807, 2.05) is 46.8 Å². The molecule has 0 N–H and O–H groups in total. The Labute approximate surface area is 348 Å². The predicted molar refractivity (Wildman–Crippen MR) is 226 cm³/mol. The Bertz CT molecular complexity index is 2180. The van der Waals surface area contributed by atoms with E-state index in [1.54, 1.807) is 11.3 Å². The van der Waals surface area contributed by atoms with Gasteiger partial charge in [-0.25, -0.2) is 0 Å². The third kappa shape index (κ3) is 9.22. The van der Waals surface area contributed by atoms with Crippen molar-refractivity contribution in [1.29, 1.82) is 0 Å². The molecular weight excluding hydrogens is 773 g/mol. The number of nitrogens with zero attached hydrogens (tertiary/aromatic N) is 6. The van der Waals surface area contributed by atoms with Crippen molar-refractivity contribution >= 4 is 78.3 Å². The Hall–Kier alpha value is -4.04. The summed E-state index contributed by atoms with van der Waals surface area (Å²) in [6, 6.07) is 4.87. The lowest BCUT2D eigenvalue weighted by Gasteiger charge is -2.28. The zero-order valence-electron chi connectivity index (χ0n) is 34.8. The van der Waals surface area contributed by atoms with Crippen LogP contribution in [0.5, 0.6) is 0 Å². The number of thiophene rings is 2. The standard InChI is InChI=1S/C23H31N3O3S.C21H27N3O3S/c1-15-17-13-19(30-22(17)26(24-15)16-7-5-4-6-8-16)18(27)11-12-23(2,3)14-25-20(28)9-10-21(25)29;1-13(12-23-19(26)8-9-20(23)27)10-17(25)18-11-16-14(2)22-24(21(16)28-18)15-6-4-3-5-7-15/h13,16H,4-12,14H2,1-3H3;11,13,15H,3-10,12H2,1-2H3/t;13-/m.0/s1. The molecule has 6 heterocycles. The Morgan fingerprint density at radius 1 is 0.690 bits per heavy atom. The molecule has 2 saturated carbocycles. The number of imide groups is 2. The Balaban J connectivity index is 0.000000177. The van der Waals surface area contributed by atoms with Crippen LogP contribution < -0.4 is 0 Å². The number of hydrogen-bond donors (Lipinski definition) is 0. The Morgan fingerprint density at radius 2 is 1.12 bits per heavy atom. The second-order valence-electron chi connectivity index (χ2n) is 17.9. The van der Waals surface area contributed by atoms with Gasteiger partial charge in [0.05, 0.1) is 33.2 Å². The molecule has 8 rings (SSSR count). The monoisotopic (exact) mass is 830 g/mol. The fraction of sp³-hybridized carbons (Fsp3) is 0.636. The van der Waals surface area contributed by atoms with Crippen LogP contribution in [0.4, 0.5) is 0 Å². The van der Waals surface area contributed by atoms with Gasteiger partial charge in [0, 0.05) is 62.4 Å². The number of carbonyl (C=O) groups is 6. The SMILES string of the molecule is Cc1nn(C2CCCCC2)c2sc(C(=O)CCC(C)(C)CN3C(=O)CCC3=O)cc12.Cc1nn(C2CCCCC2)c2sc(C(=O)C[C@H](C)CN3C(=O)CCC3=O)cc12. The van der Waals surface area contributed by atoms with Crippen molar-refractivity contribution in [3.05, 3.63) is 33.3 Å². The number of aromatic nitrogens is 4. The first kappa shape index (κ1) is 42.1. The van der Waals surface area contributed by atoms with Crippen LogP contribution in [-0.4, -0.2) is 77.6 Å². The molecule has 0 unspecified atom stereocenters. The second-order valence-corrected chi connectivity index (χ2v) is 20.0. The molecule has 4 aliphatic rings. The molecule has 2 saturated heterocycles. The Morgan fingerprint density at radius 3 is 1.59 bits per heavy atom. The molecule has 1 atom stereocenters. The zero-order chi connectivity index (χ0) is 41.3. The minimum absolute atomic E-state index is 0.0420. The maximum atomic E-state index is 13.0. The molecule has 0 aromatic carbocycles. The molecule has 312 valence electrons. The molecule has 14 heteroatoms. The van der Waals surface area contributed by atoms with E-state index in [1.165, 1.54) is 72.5 Å². The van der Waals surface area contributed by atoms with E-state index in [-0.39, 0.29) is 46.5 Å². The van der Waals surface area contributed by atoms with E-state index in [4.69, 9.17) is 10.2 Å². The molecule has 58 heavy (non-hydrogen) atoms. The smallest absolute Gasteiger partial charge is 0.229 e. The van der Waals surface area contributed by atoms with Crippen LogP contribution in [0.15, 0.2) is 12.1 Å². The van der Waals surface area contributed by atoms with Gasteiger partial charge in [-0.3, -0.25) is 47.9 Å². The maximum absolute atomic E-state index is 13.0. The van der Waals surface area contributed by atoms with Crippen LogP contribution in [0.1, 0.15) is 173 Å². The lowest BCUT2D eigenvalue weighted by molar-refractivity contribution is -0.141. The number of rotatable bonds is 13. The maximum Gasteiger partial charge on any atom is 0.229 e. The highest BCUT2D eigenvalue weighted by molar-refractivity contribution is 7.20. The molecule has 12 nitrogen and oxygen atoms in total. The largest absolute Gasteiger partial charge is 0.293 e. The second kappa shape index (κ2) is 17.7. The number of likely N-dealkylation sites (tertiary alicyclic amines) is 2. The predicted octanol–water partition coefficient (Wildman–Crippen LogP) is 9.32. The van der Waals surface area contributed by atoms with E-state index in [0.29, 0.717) is 70.1 Å². The van der Waals surface area contributed by atoms with Crippen LogP contribution in [-0.2, 0) is 19.2 Å². The summed E-state index contributed by atoms with van der Waals surface area (Å²) in [6.07, 6.45) is 14.9. The average molecular weight is 831 g/mol. The molecular formula is C44H58N6O6S2. The van der Waals surface area contributed by atoms with E-state index < -0.39 is 0 Å². The minimum atomic E-state index is -0.281.